The van der Waals surface area contributed by atoms with Gasteiger partial charge in [-0.3, -0.25) is 9.59 Å². The van der Waals surface area contributed by atoms with Gasteiger partial charge in [0.1, 0.15) is 0 Å². The third kappa shape index (κ3) is 9.14. The fraction of sp³-hybridized carbons (Fsp3) is 0.355. The van der Waals surface area contributed by atoms with E-state index in [9.17, 15) is 23.1 Å². The van der Waals surface area contributed by atoms with Gasteiger partial charge >= 0.3 is 0 Å². The number of sulfonamides is 1. The average Bonchev–Trinajstić information content (AvgIpc) is 2.97. The van der Waals surface area contributed by atoms with Crippen LogP contribution in [0, 0.1) is 5.92 Å². The van der Waals surface area contributed by atoms with E-state index in [1.165, 1.54) is 24.3 Å². The van der Waals surface area contributed by atoms with Crippen molar-refractivity contribution < 1.29 is 23.1 Å². The first-order valence-corrected chi connectivity index (χ1v) is 15.2. The zero-order valence-electron chi connectivity index (χ0n) is 23.4. The van der Waals surface area contributed by atoms with E-state index in [0.29, 0.717) is 37.9 Å². The van der Waals surface area contributed by atoms with Crippen LogP contribution in [0.25, 0.3) is 0 Å². The van der Waals surface area contributed by atoms with Crippen LogP contribution in [0.1, 0.15) is 49.7 Å². The number of carbonyl (C=O) groups is 2. The summed E-state index contributed by atoms with van der Waals surface area (Å²) in [7, 11) is -4.04. The minimum absolute atomic E-state index is 0.0143. The monoisotopic (exact) mass is 580 g/mol. The Kier molecular flexibility index (Phi) is 11.9. The van der Waals surface area contributed by atoms with E-state index in [2.05, 4.69) is 5.32 Å². The zero-order valence-corrected chi connectivity index (χ0v) is 24.2. The molecule has 0 spiro atoms. The topological polar surface area (TPSA) is 156 Å². The number of unbranched alkanes of at least 4 members (excludes halogenated alkanes) is 1. The summed E-state index contributed by atoms with van der Waals surface area (Å²) in [5, 5.41) is 13.1. The van der Waals surface area contributed by atoms with E-state index in [-0.39, 0.29) is 23.3 Å². The predicted molar refractivity (Wildman–Crippen MR) is 160 cm³/mol. The molecule has 41 heavy (non-hydrogen) atoms. The lowest BCUT2D eigenvalue weighted by molar-refractivity contribution is -0.122. The molecule has 0 bridgehead atoms. The highest BCUT2D eigenvalue weighted by Crippen LogP contribution is 2.28. The quantitative estimate of drug-likeness (QED) is 0.151. The fourth-order valence-corrected chi connectivity index (χ4v) is 6.43. The van der Waals surface area contributed by atoms with E-state index in [1.807, 2.05) is 60.7 Å². The zero-order chi connectivity index (χ0) is 29.8. The number of aliphatic hydroxyl groups excluding tert-OH is 1. The van der Waals surface area contributed by atoms with E-state index < -0.39 is 34.5 Å². The standard InChI is InChI=1S/C31H40N4O5S/c1-23(31(33)38)21-35(41(39,40)28-17-15-26(32)16-18-28)27(22-36)14-8-9-19-34-30(37)20-29(24-10-4-2-5-11-24)25-12-6-3-7-13-25/h2-7,10-13,15-18,23,27,29,36H,8-9,14,19-22,32H2,1H3,(H2,33,38)(H,34,37). The van der Waals surface area contributed by atoms with E-state index >= 15 is 0 Å². The van der Waals surface area contributed by atoms with Gasteiger partial charge in [-0.1, -0.05) is 74.0 Å². The van der Waals surface area contributed by atoms with Crippen LogP contribution in [0.5, 0.6) is 0 Å². The summed E-state index contributed by atoms with van der Waals surface area (Å²) >= 11 is 0. The van der Waals surface area contributed by atoms with E-state index in [0.717, 1.165) is 15.4 Å². The second-order valence-corrected chi connectivity index (χ2v) is 12.1. The molecule has 0 aliphatic carbocycles. The maximum atomic E-state index is 13.5. The highest BCUT2D eigenvalue weighted by atomic mass is 32.2. The Morgan fingerprint density at radius 1 is 0.902 bits per heavy atom. The molecule has 0 fully saturated rings. The summed E-state index contributed by atoms with van der Waals surface area (Å²) in [5.41, 5.74) is 13.7. The normalized spacial score (nSPS) is 13.2. The van der Waals surface area contributed by atoms with Crippen molar-refractivity contribution in [2.75, 3.05) is 25.4 Å². The van der Waals surface area contributed by atoms with Crippen LogP contribution in [0.2, 0.25) is 0 Å². The Bertz CT molecular complexity index is 1310. The Morgan fingerprint density at radius 2 is 1.46 bits per heavy atom. The number of rotatable bonds is 16. The second kappa shape index (κ2) is 15.3. The lowest BCUT2D eigenvalue weighted by Crippen LogP contribution is -2.46. The van der Waals surface area contributed by atoms with Crippen LogP contribution in [-0.2, 0) is 19.6 Å². The number of hydrogen-bond donors (Lipinski definition) is 4. The van der Waals surface area contributed by atoms with Crippen molar-refractivity contribution in [1.82, 2.24) is 9.62 Å². The van der Waals surface area contributed by atoms with Crippen molar-refractivity contribution in [2.24, 2.45) is 11.7 Å². The lowest BCUT2D eigenvalue weighted by atomic mass is 9.88. The molecule has 2 amide bonds. The molecule has 0 aliphatic rings. The summed E-state index contributed by atoms with van der Waals surface area (Å²) in [6, 6.07) is 24.8. The second-order valence-electron chi connectivity index (χ2n) is 10.2. The Labute approximate surface area is 242 Å². The molecule has 220 valence electrons. The first-order chi connectivity index (χ1) is 19.6. The fourth-order valence-electron chi connectivity index (χ4n) is 4.69. The third-order valence-corrected chi connectivity index (χ3v) is 9.06. The molecule has 0 aliphatic heterocycles. The molecule has 10 heteroatoms. The molecule has 6 N–H and O–H groups in total. The summed E-state index contributed by atoms with van der Waals surface area (Å²) in [5.74, 6) is -1.54. The van der Waals surface area contributed by atoms with Crippen LogP contribution < -0.4 is 16.8 Å². The van der Waals surface area contributed by atoms with Gasteiger partial charge in [-0.15, -0.1) is 0 Å². The summed E-state index contributed by atoms with van der Waals surface area (Å²) < 4.78 is 28.1. The number of amides is 2. The highest BCUT2D eigenvalue weighted by Gasteiger charge is 2.33. The summed E-state index contributed by atoms with van der Waals surface area (Å²) in [6.45, 7) is 1.37. The molecule has 3 rings (SSSR count). The number of nitrogens with one attached hydrogen (secondary N) is 1. The van der Waals surface area contributed by atoms with E-state index in [4.69, 9.17) is 11.5 Å². The SMILES string of the molecule is CC(CN(C(CO)CCCCNC(=O)CC(c1ccccc1)c1ccccc1)S(=O)(=O)c1ccc(N)cc1)C(N)=O. The van der Waals surface area contributed by atoms with Crippen molar-refractivity contribution in [1.29, 1.82) is 0 Å². The number of carbonyl (C=O) groups excluding carboxylic acids is 2. The summed E-state index contributed by atoms with van der Waals surface area (Å²) in [6.07, 6.45) is 1.77. The summed E-state index contributed by atoms with van der Waals surface area (Å²) in [4.78, 5) is 24.6. The van der Waals surface area contributed by atoms with Gasteiger partial charge in [-0.2, -0.15) is 4.31 Å². The molecule has 2 unspecified atom stereocenters. The first kappa shape index (κ1) is 31.8. The predicted octanol–water partition coefficient (Wildman–Crippen LogP) is 3.25. The molecule has 0 aromatic heterocycles. The Morgan fingerprint density at radius 3 is 1.98 bits per heavy atom. The van der Waals surface area contributed by atoms with Crippen LogP contribution >= 0.6 is 0 Å². The van der Waals surface area contributed by atoms with Crippen molar-refractivity contribution in [2.45, 2.75) is 49.5 Å². The molecule has 3 aromatic rings. The molecule has 0 heterocycles. The minimum atomic E-state index is -4.04. The van der Waals surface area contributed by atoms with Crippen LogP contribution in [0.4, 0.5) is 5.69 Å². The number of aliphatic hydroxyl groups is 1. The van der Waals surface area contributed by atoms with Gasteiger partial charge in [-0.25, -0.2) is 8.42 Å². The maximum absolute atomic E-state index is 13.5. The number of anilines is 1. The van der Waals surface area contributed by atoms with Gasteiger partial charge in [0.15, 0.2) is 0 Å². The van der Waals surface area contributed by atoms with Crippen molar-refractivity contribution >= 4 is 27.5 Å². The van der Waals surface area contributed by atoms with Crippen LogP contribution in [0.3, 0.4) is 0 Å². The lowest BCUT2D eigenvalue weighted by Gasteiger charge is -2.31. The van der Waals surface area contributed by atoms with Crippen molar-refractivity contribution in [3.63, 3.8) is 0 Å². The Hall–Kier alpha value is -3.73. The maximum Gasteiger partial charge on any atom is 0.243 e. The van der Waals surface area contributed by atoms with Crippen molar-refractivity contribution in [3.8, 4) is 0 Å². The molecule has 0 saturated heterocycles. The van der Waals surface area contributed by atoms with Gasteiger partial charge in [0.2, 0.25) is 21.8 Å². The van der Waals surface area contributed by atoms with Gasteiger partial charge in [0.05, 0.1) is 11.5 Å². The van der Waals surface area contributed by atoms with Crippen LogP contribution in [-0.4, -0.2) is 55.4 Å². The van der Waals surface area contributed by atoms with Gasteiger partial charge in [0, 0.05) is 43.1 Å². The number of nitrogens with zero attached hydrogens (tertiary/aromatic N) is 1. The molecular weight excluding hydrogens is 540 g/mol. The van der Waals surface area contributed by atoms with Crippen LogP contribution in [0.15, 0.2) is 89.8 Å². The largest absolute Gasteiger partial charge is 0.399 e. The number of hydrogen-bond acceptors (Lipinski definition) is 6. The molecule has 0 radical (unpaired) electrons. The van der Waals surface area contributed by atoms with Gasteiger partial charge in [-0.05, 0) is 48.2 Å². The molecule has 0 saturated carbocycles. The molecule has 9 nitrogen and oxygen atoms in total. The number of primary amides is 1. The molecule has 3 aromatic carbocycles. The number of nitrogen functional groups attached to an aromatic ring is 1. The Balaban J connectivity index is 1.60. The van der Waals surface area contributed by atoms with E-state index in [1.54, 1.807) is 6.92 Å². The molecular formula is C31H40N4O5S. The highest BCUT2D eigenvalue weighted by molar-refractivity contribution is 7.89. The number of benzene rings is 3. The average molecular weight is 581 g/mol. The molecule has 2 atom stereocenters. The third-order valence-electron chi connectivity index (χ3n) is 7.12. The number of nitrogens with two attached hydrogens (primary N) is 2. The minimum Gasteiger partial charge on any atom is -0.399 e. The van der Waals surface area contributed by atoms with Gasteiger partial charge < -0.3 is 21.9 Å². The first-order valence-electron chi connectivity index (χ1n) is 13.8. The van der Waals surface area contributed by atoms with Gasteiger partial charge in [0.25, 0.3) is 0 Å². The van der Waals surface area contributed by atoms with Crippen molar-refractivity contribution in [3.05, 3.63) is 96.1 Å². The smallest absolute Gasteiger partial charge is 0.243 e.